The number of rotatable bonds is 18. The van der Waals surface area contributed by atoms with Crippen molar-refractivity contribution in [3.05, 3.63) is 109 Å². The molecule has 0 aliphatic rings. The fraction of sp³-hybridized carbons (Fsp3) is 0.273. The van der Waals surface area contributed by atoms with Crippen LogP contribution < -0.4 is 23.1 Å². The molecule has 0 amide bonds. The molecule has 0 saturated heterocycles. The molecule has 0 aliphatic carbocycles. The van der Waals surface area contributed by atoms with Crippen molar-refractivity contribution in [2.45, 2.75) is 34.8 Å². The van der Waals surface area contributed by atoms with E-state index < -0.39 is 0 Å². The fourth-order valence-corrected chi connectivity index (χ4v) is 8.07. The monoisotopic (exact) mass is 672 g/mol. The van der Waals surface area contributed by atoms with Crippen molar-refractivity contribution >= 4 is 50.6 Å². The van der Waals surface area contributed by atoms with Gasteiger partial charge in [0, 0.05) is 4.90 Å². The van der Waals surface area contributed by atoms with Crippen molar-refractivity contribution in [3.63, 3.8) is 0 Å². The summed E-state index contributed by atoms with van der Waals surface area (Å²) in [7, 11) is 0. The van der Waals surface area contributed by atoms with Crippen molar-refractivity contribution in [1.82, 2.24) is 0 Å². The average Bonchev–Trinajstić information content (AvgIpc) is 2.98. The number of thioether (sulfide) groups is 1. The molecule has 0 unspecified atom stereocenters. The molecule has 0 N–H and O–H groups in total. The predicted molar refractivity (Wildman–Crippen MR) is 167 cm³/mol. The Morgan fingerprint density at radius 1 is 0.487 bits per heavy atom. The normalized spacial score (nSPS) is 10.8. The van der Waals surface area contributed by atoms with Gasteiger partial charge in [0.2, 0.25) is 0 Å². The Morgan fingerprint density at radius 2 is 0.897 bits per heavy atom. The zero-order valence-corrected chi connectivity index (χ0v) is 26.4. The maximum absolute atomic E-state index is 6.14. The van der Waals surface area contributed by atoms with E-state index in [-0.39, 0.29) is 0 Å². The topological polar surface area (TPSA) is 27.7 Å². The maximum Gasteiger partial charge on any atom is -0.0486 e. The van der Waals surface area contributed by atoms with Crippen molar-refractivity contribution < 1.29 is 14.2 Å². The molecule has 0 spiro atoms. The molecule has 0 radical (unpaired) electrons. The van der Waals surface area contributed by atoms with Gasteiger partial charge in [0.15, 0.2) is 0 Å². The number of hydrogen-bond donors (Lipinski definition) is 0. The van der Waals surface area contributed by atoms with Crippen LogP contribution in [-0.4, -0.2) is 55.5 Å². The van der Waals surface area contributed by atoms with Gasteiger partial charge in [-0.2, -0.15) is 0 Å². The fourth-order valence-electron chi connectivity index (χ4n) is 3.66. The molecule has 0 saturated carbocycles. The molecule has 204 valence electrons. The number of benzene rings is 4. The Kier molecular flexibility index (Phi) is 13.8. The van der Waals surface area contributed by atoms with Gasteiger partial charge in [-0.15, -0.1) is 0 Å². The van der Waals surface area contributed by atoms with Gasteiger partial charge in [-0.3, -0.25) is 0 Å². The molecule has 4 rings (SSSR count). The minimum Gasteiger partial charge on any atom is -0.0612 e. The minimum atomic E-state index is 0.489. The van der Waals surface area contributed by atoms with E-state index in [0.717, 1.165) is 42.3 Å². The van der Waals surface area contributed by atoms with Crippen molar-refractivity contribution in [2.24, 2.45) is 0 Å². The van der Waals surface area contributed by atoms with Gasteiger partial charge in [-0.25, -0.2) is 0 Å². The van der Waals surface area contributed by atoms with Crippen LogP contribution in [0.15, 0.2) is 114 Å². The Balaban J connectivity index is 1.23. The molecule has 4 aromatic carbocycles. The largest absolute Gasteiger partial charge is 0.0612 e. The molecule has 3 nitrogen and oxygen atoms in total. The van der Waals surface area contributed by atoms with Gasteiger partial charge in [-0.05, 0) is 12.1 Å². The Hall–Kier alpha value is -2.33. The molecule has 4 aromatic rings. The van der Waals surface area contributed by atoms with E-state index in [1.165, 1.54) is 24.5 Å². The van der Waals surface area contributed by atoms with Crippen LogP contribution in [0.3, 0.4) is 0 Å². The summed E-state index contributed by atoms with van der Waals surface area (Å²) in [6.45, 7) is 2.07. The number of hydrogen-bond acceptors (Lipinski definition) is 4. The summed E-state index contributed by atoms with van der Waals surface area (Å²) >= 11 is 2.84. The Labute approximate surface area is 250 Å². The summed E-state index contributed by atoms with van der Waals surface area (Å²) in [4.78, 5) is 1.30. The maximum atomic E-state index is 6.14. The predicted octanol–water partition coefficient (Wildman–Crippen LogP) is 6.68. The molecular formula is C33H36O3SSe2. The van der Waals surface area contributed by atoms with Crippen LogP contribution in [0.1, 0.15) is 19.3 Å². The van der Waals surface area contributed by atoms with Crippen molar-refractivity contribution in [2.75, 3.05) is 25.6 Å². The molecule has 39 heavy (non-hydrogen) atoms. The third-order valence-corrected chi connectivity index (χ3v) is 11.3. The van der Waals surface area contributed by atoms with E-state index in [9.17, 15) is 0 Å². The van der Waals surface area contributed by atoms with Crippen LogP contribution >= 0.6 is 11.8 Å². The summed E-state index contributed by atoms with van der Waals surface area (Å²) in [6, 6.07) is 38.0. The van der Waals surface area contributed by atoms with Crippen molar-refractivity contribution in [1.29, 1.82) is 0 Å². The third kappa shape index (κ3) is 12.2. The first-order valence-electron chi connectivity index (χ1n) is 13.4. The van der Waals surface area contributed by atoms with E-state index in [2.05, 4.69) is 91.0 Å². The van der Waals surface area contributed by atoms with Gasteiger partial charge in [0.25, 0.3) is 0 Å². The Bertz CT molecular complexity index is 1030. The van der Waals surface area contributed by atoms with Gasteiger partial charge in [0.05, 0.1) is 0 Å². The Morgan fingerprint density at radius 3 is 1.36 bits per heavy atom. The molecular weight excluding hydrogens is 634 g/mol. The standard InChI is InChI=1S/C33H36O3SSe2/c1-4-13-31(14-5-1)37-22-10-19-34-28-25-29(35-20-11-23-38-32-15-6-2-7-16-32)27-30(26-28)36-21-12-24-39-33-17-8-3-9-18-33/h1-9,13-18,25-27H,10-12,19-24H2. The van der Waals surface area contributed by atoms with Gasteiger partial charge < -0.3 is 0 Å². The van der Waals surface area contributed by atoms with E-state index in [4.69, 9.17) is 14.2 Å². The van der Waals surface area contributed by atoms with Gasteiger partial charge in [0.1, 0.15) is 0 Å². The zero-order chi connectivity index (χ0) is 26.8. The van der Waals surface area contributed by atoms with E-state index >= 15 is 0 Å². The summed E-state index contributed by atoms with van der Waals surface area (Å²) in [6.07, 6.45) is 3.05. The third-order valence-electron chi connectivity index (χ3n) is 5.56. The van der Waals surface area contributed by atoms with Gasteiger partial charge in [-0.1, -0.05) is 18.2 Å². The first-order valence-corrected chi connectivity index (χ1v) is 18.5. The summed E-state index contributed by atoms with van der Waals surface area (Å²) in [5, 5.41) is 2.33. The quantitative estimate of drug-likeness (QED) is 0.0671. The van der Waals surface area contributed by atoms with Gasteiger partial charge >= 0.3 is 216 Å². The smallest absolute Gasteiger partial charge is 0.0486 e. The number of ether oxygens (including phenoxy) is 3. The molecule has 0 fully saturated rings. The second-order valence-corrected chi connectivity index (χ2v) is 14.8. The first-order chi connectivity index (χ1) is 19.3. The van der Waals surface area contributed by atoms with Crippen LogP contribution in [0.5, 0.6) is 17.2 Å². The molecule has 0 aromatic heterocycles. The molecule has 0 aliphatic heterocycles. The molecule has 0 atom stereocenters. The van der Waals surface area contributed by atoms with E-state index in [0.29, 0.717) is 49.7 Å². The second-order valence-electron chi connectivity index (χ2n) is 8.73. The molecule has 0 heterocycles. The second kappa shape index (κ2) is 18.1. The summed E-state index contributed by atoms with van der Waals surface area (Å²) in [5.74, 6) is 3.48. The van der Waals surface area contributed by atoms with E-state index in [1.54, 1.807) is 0 Å². The summed E-state index contributed by atoms with van der Waals surface area (Å²) < 4.78 is 21.3. The molecule has 0 bridgehead atoms. The minimum absolute atomic E-state index is 0.489. The van der Waals surface area contributed by atoms with Crippen molar-refractivity contribution in [3.8, 4) is 17.2 Å². The van der Waals surface area contributed by atoms with Crippen LogP contribution in [0, 0.1) is 0 Å². The van der Waals surface area contributed by atoms with E-state index in [1.807, 2.05) is 30.0 Å². The van der Waals surface area contributed by atoms with Crippen LogP contribution in [0.2, 0.25) is 10.6 Å². The average molecular weight is 671 g/mol. The van der Waals surface area contributed by atoms with Crippen LogP contribution in [-0.2, 0) is 0 Å². The zero-order valence-electron chi connectivity index (χ0n) is 22.2. The first kappa shape index (κ1) is 29.6. The van der Waals surface area contributed by atoms with Crippen LogP contribution in [0.4, 0.5) is 0 Å². The molecule has 6 heteroatoms. The van der Waals surface area contributed by atoms with Crippen LogP contribution in [0.25, 0.3) is 0 Å². The SMILES string of the molecule is c1ccc(SCCCOc2cc(OCCC[Se]c3ccccc3)cc(OCCC[Se]c3ccccc3)c2)cc1. The summed E-state index contributed by atoms with van der Waals surface area (Å²) in [5.41, 5.74) is 0.